The van der Waals surface area contributed by atoms with E-state index in [1.807, 2.05) is 41.5 Å². The number of esters is 3. The fourth-order valence-electron chi connectivity index (χ4n) is 0.996. The molecule has 129 valence electrons. The summed E-state index contributed by atoms with van der Waals surface area (Å²) in [5.74, 6) is -0.639. The molecule has 0 aromatic rings. The van der Waals surface area contributed by atoms with E-state index in [-0.39, 0.29) is 53.6 Å². The maximum absolute atomic E-state index is 10.0. The Labute approximate surface area is 145 Å². The molecule has 0 saturated carbocycles. The van der Waals surface area contributed by atoms with Crippen molar-refractivity contribution in [2.75, 3.05) is 0 Å². The third-order valence-corrected chi connectivity index (χ3v) is 1.20. The first-order chi connectivity index (χ1) is 9.38. The second kappa shape index (κ2) is 18.0. The van der Waals surface area contributed by atoms with Crippen molar-refractivity contribution < 1.29 is 28.6 Å². The summed E-state index contributed by atoms with van der Waals surface area (Å²) < 4.78 is 13.8. The highest BCUT2D eigenvalue weighted by molar-refractivity contribution is 5.75. The molecule has 0 saturated heterocycles. The standard InChI is InChI=1S/3C5H10O2.Al/c3*1-4(2)7-5(3)6;/h3*4H,1-3H3;. The smallest absolute Gasteiger partial charge is 0.302 e. The number of ether oxygens (including phenoxy) is 3. The zero-order valence-corrected chi connectivity index (χ0v) is 16.4. The van der Waals surface area contributed by atoms with Crippen LogP contribution in [0.25, 0.3) is 0 Å². The van der Waals surface area contributed by atoms with Gasteiger partial charge in [-0.2, -0.15) is 0 Å². The van der Waals surface area contributed by atoms with E-state index in [1.54, 1.807) is 0 Å². The number of carbonyl (C=O) groups excluding carboxylic acids is 3. The van der Waals surface area contributed by atoms with E-state index in [2.05, 4.69) is 14.2 Å². The minimum absolute atomic E-state index is 0. The lowest BCUT2D eigenvalue weighted by molar-refractivity contribution is -0.145. The van der Waals surface area contributed by atoms with Crippen LogP contribution in [0, 0.1) is 0 Å². The van der Waals surface area contributed by atoms with E-state index in [9.17, 15) is 14.4 Å². The first kappa shape index (κ1) is 29.0. The van der Waals surface area contributed by atoms with Gasteiger partial charge in [0.15, 0.2) is 0 Å². The maximum atomic E-state index is 10.0. The Hall–Kier alpha value is -1.06. The molecule has 0 N–H and O–H groups in total. The molecule has 0 heterocycles. The second-order valence-electron chi connectivity index (χ2n) is 4.97. The molecule has 22 heavy (non-hydrogen) atoms. The fourth-order valence-corrected chi connectivity index (χ4v) is 0.996. The van der Waals surface area contributed by atoms with Gasteiger partial charge in [0.2, 0.25) is 0 Å². The molecule has 0 aliphatic carbocycles. The van der Waals surface area contributed by atoms with Gasteiger partial charge in [-0.1, -0.05) is 0 Å². The summed E-state index contributed by atoms with van der Waals surface area (Å²) in [7, 11) is 0. The van der Waals surface area contributed by atoms with Crippen LogP contribution in [0.3, 0.4) is 0 Å². The lowest BCUT2D eigenvalue weighted by Gasteiger charge is -2.01. The molecule has 0 bridgehead atoms. The molecule has 0 atom stereocenters. The van der Waals surface area contributed by atoms with E-state index < -0.39 is 0 Å². The van der Waals surface area contributed by atoms with Gasteiger partial charge in [-0.15, -0.1) is 0 Å². The van der Waals surface area contributed by atoms with Gasteiger partial charge in [0.25, 0.3) is 0 Å². The highest BCUT2D eigenvalue weighted by atomic mass is 27.0. The third-order valence-electron chi connectivity index (χ3n) is 1.20. The van der Waals surface area contributed by atoms with Crippen molar-refractivity contribution in [3.05, 3.63) is 0 Å². The molecule has 0 aromatic heterocycles. The van der Waals surface area contributed by atoms with Crippen molar-refractivity contribution in [1.29, 1.82) is 0 Å². The molecular weight excluding hydrogens is 303 g/mol. The average Bonchev–Trinajstić information content (AvgIpc) is 2.10. The van der Waals surface area contributed by atoms with Gasteiger partial charge in [0.1, 0.15) is 0 Å². The summed E-state index contributed by atoms with van der Waals surface area (Å²) in [6.07, 6.45) is 0.0764. The summed E-state index contributed by atoms with van der Waals surface area (Å²) >= 11 is 0. The summed E-state index contributed by atoms with van der Waals surface area (Å²) in [5, 5.41) is 0. The first-order valence-electron chi connectivity index (χ1n) is 6.90. The molecule has 0 unspecified atom stereocenters. The predicted octanol–water partition coefficient (Wildman–Crippen LogP) is 2.49. The Balaban J connectivity index is -0.000000108. The van der Waals surface area contributed by atoms with Crippen molar-refractivity contribution in [1.82, 2.24) is 0 Å². The Morgan fingerprint density at radius 2 is 0.682 bits per heavy atom. The van der Waals surface area contributed by atoms with E-state index >= 15 is 0 Å². The monoisotopic (exact) mass is 333 g/mol. The molecule has 0 aliphatic rings. The van der Waals surface area contributed by atoms with Crippen LogP contribution >= 0.6 is 0 Å². The van der Waals surface area contributed by atoms with Gasteiger partial charge in [-0.05, 0) is 41.5 Å². The highest BCUT2D eigenvalue weighted by Crippen LogP contribution is 1.86. The molecule has 0 fully saturated rings. The van der Waals surface area contributed by atoms with Gasteiger partial charge in [-0.25, -0.2) is 0 Å². The summed E-state index contributed by atoms with van der Waals surface area (Å²) in [5.41, 5.74) is 0. The van der Waals surface area contributed by atoms with Crippen molar-refractivity contribution in [2.24, 2.45) is 0 Å². The predicted molar refractivity (Wildman–Crippen MR) is 86.5 cm³/mol. The van der Waals surface area contributed by atoms with Crippen molar-refractivity contribution in [3.63, 3.8) is 0 Å². The van der Waals surface area contributed by atoms with Crippen LogP contribution in [0.5, 0.6) is 0 Å². The normalized spacial score (nSPS) is 8.73. The molecule has 0 aromatic carbocycles. The van der Waals surface area contributed by atoms with Crippen LogP contribution in [0.15, 0.2) is 0 Å². The van der Waals surface area contributed by atoms with Crippen molar-refractivity contribution in [3.8, 4) is 0 Å². The second-order valence-corrected chi connectivity index (χ2v) is 4.97. The number of hydrogen-bond donors (Lipinski definition) is 0. The number of carbonyl (C=O) groups is 3. The highest BCUT2D eigenvalue weighted by Gasteiger charge is 1.94. The SMILES string of the molecule is CC(=O)OC(C)C.CC(=O)OC(C)C.CC(=O)OC(C)C.[Al]. The third kappa shape index (κ3) is 50.9. The number of hydrogen-bond acceptors (Lipinski definition) is 6. The average molecular weight is 333 g/mol. The van der Waals surface area contributed by atoms with E-state index in [1.165, 1.54) is 20.8 Å². The lowest BCUT2D eigenvalue weighted by atomic mass is 10.5. The molecule has 7 heteroatoms. The molecule has 3 radical (unpaired) electrons. The summed E-state index contributed by atoms with van der Waals surface area (Å²) in [4.78, 5) is 30.1. The molecule has 6 nitrogen and oxygen atoms in total. The molecule has 0 spiro atoms. The lowest BCUT2D eigenvalue weighted by Crippen LogP contribution is -2.06. The van der Waals surface area contributed by atoms with Gasteiger partial charge in [-0.3, -0.25) is 14.4 Å². The fraction of sp³-hybridized carbons (Fsp3) is 0.800. The van der Waals surface area contributed by atoms with E-state index in [0.717, 1.165) is 0 Å². The summed E-state index contributed by atoms with van der Waals surface area (Å²) in [6, 6.07) is 0. The number of rotatable bonds is 3. The molecule has 0 rings (SSSR count). The van der Waals surface area contributed by atoms with Gasteiger partial charge in [0.05, 0.1) is 18.3 Å². The van der Waals surface area contributed by atoms with E-state index in [4.69, 9.17) is 0 Å². The maximum Gasteiger partial charge on any atom is 0.302 e. The Kier molecular flexibility index (Phi) is 23.7. The Morgan fingerprint density at radius 3 is 0.682 bits per heavy atom. The van der Waals surface area contributed by atoms with Gasteiger partial charge < -0.3 is 14.2 Å². The minimum atomic E-state index is -0.213. The molecular formula is C15H30AlO6. The van der Waals surface area contributed by atoms with Gasteiger partial charge >= 0.3 is 17.9 Å². The van der Waals surface area contributed by atoms with Crippen LogP contribution in [0.1, 0.15) is 62.3 Å². The quantitative estimate of drug-likeness (QED) is 0.448. The van der Waals surface area contributed by atoms with Crippen molar-refractivity contribution in [2.45, 2.75) is 80.6 Å². The van der Waals surface area contributed by atoms with Crippen LogP contribution in [0.2, 0.25) is 0 Å². The zero-order chi connectivity index (χ0) is 17.6. The van der Waals surface area contributed by atoms with Crippen LogP contribution < -0.4 is 0 Å². The van der Waals surface area contributed by atoms with Crippen LogP contribution in [-0.2, 0) is 28.6 Å². The molecule has 0 amide bonds. The Bertz CT molecular complexity index is 253. The zero-order valence-electron chi connectivity index (χ0n) is 15.3. The topological polar surface area (TPSA) is 78.9 Å². The first-order valence-corrected chi connectivity index (χ1v) is 6.90. The van der Waals surface area contributed by atoms with Crippen LogP contribution in [0.4, 0.5) is 0 Å². The largest absolute Gasteiger partial charge is 0.463 e. The van der Waals surface area contributed by atoms with Crippen molar-refractivity contribution >= 4 is 35.3 Å². The minimum Gasteiger partial charge on any atom is -0.463 e. The van der Waals surface area contributed by atoms with E-state index in [0.29, 0.717) is 0 Å². The molecule has 0 aliphatic heterocycles. The van der Waals surface area contributed by atoms with Gasteiger partial charge in [0, 0.05) is 38.1 Å². The summed E-state index contributed by atoms with van der Waals surface area (Å²) in [6.45, 7) is 15.1. The van der Waals surface area contributed by atoms with Crippen LogP contribution in [-0.4, -0.2) is 53.6 Å². The Morgan fingerprint density at radius 1 is 0.545 bits per heavy atom.